The van der Waals surface area contributed by atoms with Crippen molar-refractivity contribution in [2.24, 2.45) is 0 Å². The molecule has 4 rings (SSSR count). The van der Waals surface area contributed by atoms with E-state index in [9.17, 15) is 4.79 Å². The Morgan fingerprint density at radius 3 is 2.37 bits per heavy atom. The number of esters is 1. The molecule has 5 heteroatoms. The molecule has 1 aliphatic rings. The summed E-state index contributed by atoms with van der Waals surface area (Å²) in [4.78, 5) is 13.2. The average molecular weight is 425 g/mol. The van der Waals surface area contributed by atoms with Gasteiger partial charge in [-0.15, -0.1) is 11.3 Å². The van der Waals surface area contributed by atoms with Gasteiger partial charge in [-0.3, -0.25) is 0 Å². The maximum atomic E-state index is 12.7. The lowest BCUT2D eigenvalue weighted by Crippen LogP contribution is -2.11. The predicted octanol–water partition coefficient (Wildman–Crippen LogP) is 7.32. The van der Waals surface area contributed by atoms with Crippen LogP contribution in [-0.2, 0) is 4.74 Å². The Hall–Kier alpha value is -2.53. The summed E-state index contributed by atoms with van der Waals surface area (Å²) in [5.74, 6) is 2.26. The van der Waals surface area contributed by atoms with Gasteiger partial charge in [-0.1, -0.05) is 31.4 Å². The number of ether oxygens (including phenoxy) is 3. The van der Waals surface area contributed by atoms with Crippen molar-refractivity contribution in [1.82, 2.24) is 0 Å². The molecule has 0 radical (unpaired) electrons. The number of hydrogen-bond acceptors (Lipinski definition) is 5. The van der Waals surface area contributed by atoms with Gasteiger partial charge in [-0.25, -0.2) is 4.79 Å². The molecule has 30 heavy (non-hydrogen) atoms. The Labute approximate surface area is 181 Å². The van der Waals surface area contributed by atoms with Crippen LogP contribution in [0.4, 0.5) is 0 Å². The molecule has 1 fully saturated rings. The minimum atomic E-state index is -0.362. The zero-order chi connectivity index (χ0) is 21.1. The van der Waals surface area contributed by atoms with Crippen LogP contribution in [0.1, 0.15) is 67.1 Å². The third kappa shape index (κ3) is 4.46. The molecule has 0 spiro atoms. The summed E-state index contributed by atoms with van der Waals surface area (Å²) in [7, 11) is 1.63. The second-order valence-electron chi connectivity index (χ2n) is 8.08. The molecule has 3 aromatic rings. The molecule has 1 heterocycles. The topological polar surface area (TPSA) is 44.8 Å². The molecule has 0 aliphatic heterocycles. The van der Waals surface area contributed by atoms with Crippen LogP contribution in [0.25, 0.3) is 10.1 Å². The predicted molar refractivity (Wildman–Crippen MR) is 121 cm³/mol. The Balaban J connectivity index is 1.66. The third-order valence-electron chi connectivity index (χ3n) is 5.55. The van der Waals surface area contributed by atoms with Crippen molar-refractivity contribution in [3.8, 4) is 17.2 Å². The smallest absolute Gasteiger partial charge is 0.352 e. The number of methoxy groups -OCH3 is 1. The highest BCUT2D eigenvalue weighted by atomic mass is 32.1. The largest absolute Gasteiger partial charge is 0.497 e. The van der Waals surface area contributed by atoms with E-state index in [0.29, 0.717) is 16.5 Å². The van der Waals surface area contributed by atoms with Gasteiger partial charge in [0, 0.05) is 10.1 Å². The van der Waals surface area contributed by atoms with Gasteiger partial charge in [0.2, 0.25) is 0 Å². The van der Waals surface area contributed by atoms with E-state index >= 15 is 0 Å². The monoisotopic (exact) mass is 424 g/mol. The first-order chi connectivity index (χ1) is 14.5. The first-order valence-corrected chi connectivity index (χ1v) is 11.5. The fourth-order valence-corrected chi connectivity index (χ4v) is 5.04. The van der Waals surface area contributed by atoms with E-state index in [-0.39, 0.29) is 12.1 Å². The molecule has 0 saturated heterocycles. The molecule has 1 aromatic heterocycles. The molecular weight excluding hydrogens is 396 g/mol. The summed E-state index contributed by atoms with van der Waals surface area (Å²) in [6, 6.07) is 14.1. The normalized spacial score (nSPS) is 14.8. The molecule has 0 bridgehead atoms. The van der Waals surface area contributed by atoms with Crippen molar-refractivity contribution >= 4 is 27.4 Å². The average Bonchev–Trinajstić information content (AvgIpc) is 3.12. The van der Waals surface area contributed by atoms with Crippen LogP contribution in [0.2, 0.25) is 0 Å². The fraction of sp³-hybridized carbons (Fsp3) is 0.400. The van der Waals surface area contributed by atoms with Crippen LogP contribution >= 0.6 is 11.3 Å². The summed E-state index contributed by atoms with van der Waals surface area (Å²) in [5.41, 5.74) is 1.37. The molecular formula is C25H28O4S. The quantitative estimate of drug-likeness (QED) is 0.389. The Kier molecular flexibility index (Phi) is 6.28. The number of carbonyl (C=O) groups excluding carboxylic acids is 1. The van der Waals surface area contributed by atoms with Crippen molar-refractivity contribution in [3.63, 3.8) is 0 Å². The van der Waals surface area contributed by atoms with E-state index in [1.165, 1.54) is 49.0 Å². The molecule has 1 saturated carbocycles. The van der Waals surface area contributed by atoms with Crippen molar-refractivity contribution in [3.05, 3.63) is 52.9 Å². The Morgan fingerprint density at radius 1 is 1.00 bits per heavy atom. The van der Waals surface area contributed by atoms with E-state index in [0.717, 1.165) is 21.6 Å². The van der Waals surface area contributed by atoms with E-state index in [4.69, 9.17) is 14.2 Å². The maximum Gasteiger partial charge on any atom is 0.352 e. The molecule has 1 aliphatic carbocycles. The van der Waals surface area contributed by atoms with Crippen LogP contribution < -0.4 is 9.47 Å². The summed E-state index contributed by atoms with van der Waals surface area (Å²) in [5, 5.41) is 0.853. The lowest BCUT2D eigenvalue weighted by atomic mass is 9.84. The van der Waals surface area contributed by atoms with Gasteiger partial charge >= 0.3 is 5.97 Å². The molecule has 4 nitrogen and oxygen atoms in total. The van der Waals surface area contributed by atoms with Gasteiger partial charge in [0.25, 0.3) is 0 Å². The Morgan fingerprint density at radius 2 is 1.70 bits per heavy atom. The molecule has 2 aromatic carbocycles. The van der Waals surface area contributed by atoms with Gasteiger partial charge in [0.1, 0.15) is 11.5 Å². The van der Waals surface area contributed by atoms with Gasteiger partial charge in [-0.2, -0.15) is 0 Å². The fourth-order valence-electron chi connectivity index (χ4n) is 4.05. The minimum Gasteiger partial charge on any atom is -0.497 e. The number of rotatable bonds is 6. The van der Waals surface area contributed by atoms with Crippen LogP contribution in [-0.4, -0.2) is 19.2 Å². The van der Waals surface area contributed by atoms with Crippen molar-refractivity contribution < 1.29 is 19.0 Å². The number of thiophene rings is 1. The summed E-state index contributed by atoms with van der Waals surface area (Å²) in [6.45, 7) is 3.69. The van der Waals surface area contributed by atoms with Crippen molar-refractivity contribution in [1.29, 1.82) is 0 Å². The number of carbonyl (C=O) groups is 1. The van der Waals surface area contributed by atoms with Crippen LogP contribution in [0.3, 0.4) is 0 Å². The first-order valence-electron chi connectivity index (χ1n) is 10.6. The summed E-state index contributed by atoms with van der Waals surface area (Å²) >= 11 is 1.38. The van der Waals surface area contributed by atoms with Crippen LogP contribution in [0.5, 0.6) is 17.2 Å². The van der Waals surface area contributed by atoms with Gasteiger partial charge in [0.05, 0.1) is 13.2 Å². The molecule has 0 atom stereocenters. The lowest BCUT2D eigenvalue weighted by Gasteiger charge is -2.22. The lowest BCUT2D eigenvalue weighted by molar-refractivity contribution is 0.0381. The number of fused-ring (bicyclic) bond motifs is 1. The van der Waals surface area contributed by atoms with E-state index < -0.39 is 0 Å². The van der Waals surface area contributed by atoms with Crippen molar-refractivity contribution in [2.45, 2.75) is 58.0 Å². The second-order valence-corrected chi connectivity index (χ2v) is 9.13. The number of benzene rings is 2. The molecule has 0 unspecified atom stereocenters. The number of hydrogen-bond donors (Lipinski definition) is 0. The highest BCUT2D eigenvalue weighted by molar-refractivity contribution is 7.21. The third-order valence-corrected chi connectivity index (χ3v) is 6.69. The Bertz CT molecular complexity index is 1010. The SMILES string of the molecule is COc1ccc2sc(C(=O)OC(C)C)c(Oc3ccc(C4CCCCC4)cc3)c2c1. The van der Waals surface area contributed by atoms with Crippen molar-refractivity contribution in [2.75, 3.05) is 7.11 Å². The van der Waals surface area contributed by atoms with Crippen LogP contribution in [0, 0.1) is 0 Å². The van der Waals surface area contributed by atoms with E-state index in [1.54, 1.807) is 7.11 Å². The first kappa shape index (κ1) is 20.7. The summed E-state index contributed by atoms with van der Waals surface area (Å²) < 4.78 is 18.1. The van der Waals surface area contributed by atoms with Gasteiger partial charge in [-0.05, 0) is 68.5 Å². The molecule has 0 amide bonds. The van der Waals surface area contributed by atoms with Crippen LogP contribution in [0.15, 0.2) is 42.5 Å². The second kappa shape index (κ2) is 9.09. The highest BCUT2D eigenvalue weighted by Crippen LogP contribution is 2.43. The maximum absolute atomic E-state index is 12.7. The standard InChI is InChI=1S/C25H28O4S/c1-16(2)28-25(26)24-23(21-15-20(27-3)13-14-22(21)30-24)29-19-11-9-18(10-12-19)17-7-5-4-6-8-17/h9-17H,4-8H2,1-3H3. The minimum absolute atomic E-state index is 0.195. The highest BCUT2D eigenvalue weighted by Gasteiger charge is 2.23. The zero-order valence-electron chi connectivity index (χ0n) is 17.8. The van der Waals surface area contributed by atoms with E-state index in [1.807, 2.05) is 44.2 Å². The molecule has 158 valence electrons. The molecule has 0 N–H and O–H groups in total. The zero-order valence-corrected chi connectivity index (χ0v) is 18.6. The van der Waals surface area contributed by atoms with Gasteiger partial charge in [0.15, 0.2) is 10.6 Å². The summed E-state index contributed by atoms with van der Waals surface area (Å²) in [6.07, 6.45) is 6.31. The van der Waals surface area contributed by atoms with E-state index in [2.05, 4.69) is 12.1 Å². The van der Waals surface area contributed by atoms with Gasteiger partial charge < -0.3 is 14.2 Å².